The molecule has 1 heterocycles. The number of hydrogen-bond acceptors (Lipinski definition) is 1. The van der Waals surface area contributed by atoms with E-state index in [4.69, 9.17) is 0 Å². The van der Waals surface area contributed by atoms with Gasteiger partial charge < -0.3 is 0 Å². The van der Waals surface area contributed by atoms with Gasteiger partial charge >= 0.3 is 0 Å². The van der Waals surface area contributed by atoms with E-state index in [-0.39, 0.29) is 0 Å². The summed E-state index contributed by atoms with van der Waals surface area (Å²) in [5.41, 5.74) is 2.13. The molecule has 1 saturated carbocycles. The van der Waals surface area contributed by atoms with Crippen molar-refractivity contribution in [2.75, 3.05) is 0 Å². The first-order valence-electron chi connectivity index (χ1n) is 5.30. The Morgan fingerprint density at radius 3 is 2.43 bits per heavy atom. The van der Waals surface area contributed by atoms with E-state index in [1.165, 1.54) is 30.2 Å². The van der Waals surface area contributed by atoms with Gasteiger partial charge in [0.25, 0.3) is 0 Å². The molecule has 0 unspecified atom stereocenters. The molecule has 0 atom stereocenters. The fourth-order valence-electron chi connectivity index (χ4n) is 2.29. The van der Waals surface area contributed by atoms with Crippen molar-refractivity contribution in [2.45, 2.75) is 45.4 Å². The molecule has 0 amide bonds. The van der Waals surface area contributed by atoms with Gasteiger partial charge in [-0.2, -0.15) is 11.3 Å². The fourth-order valence-corrected chi connectivity index (χ4v) is 4.00. The Kier molecular flexibility index (Phi) is 3.03. The second-order valence-corrected chi connectivity index (χ2v) is 6.71. The zero-order valence-corrected chi connectivity index (χ0v) is 11.2. The lowest BCUT2D eigenvalue weighted by Gasteiger charge is -2.34. The van der Waals surface area contributed by atoms with Gasteiger partial charge in [0.05, 0.1) is 0 Å². The largest absolute Gasteiger partial charge is 0.151 e. The molecule has 78 valence electrons. The van der Waals surface area contributed by atoms with E-state index in [1.54, 1.807) is 5.56 Å². The van der Waals surface area contributed by atoms with Crippen LogP contribution in [-0.4, -0.2) is 0 Å². The van der Waals surface area contributed by atoms with Crippen molar-refractivity contribution in [1.82, 2.24) is 0 Å². The summed E-state index contributed by atoms with van der Waals surface area (Å²) in [6.45, 7) is 4.79. The molecule has 2 rings (SSSR count). The lowest BCUT2D eigenvalue weighted by Crippen LogP contribution is -2.20. The molecule has 0 saturated heterocycles. The van der Waals surface area contributed by atoms with Crippen molar-refractivity contribution in [3.63, 3.8) is 0 Å². The lowest BCUT2D eigenvalue weighted by atomic mass is 9.72. The normalized spacial score (nSPS) is 22.5. The highest BCUT2D eigenvalue weighted by Gasteiger charge is 2.28. The van der Waals surface area contributed by atoms with E-state index >= 15 is 0 Å². The van der Waals surface area contributed by atoms with Crippen LogP contribution in [0.25, 0.3) is 0 Å². The summed E-state index contributed by atoms with van der Waals surface area (Å²) in [4.78, 5) is 0. The molecule has 0 bridgehead atoms. The lowest BCUT2D eigenvalue weighted by molar-refractivity contribution is 0.224. The minimum absolute atomic E-state index is 0.582. The van der Waals surface area contributed by atoms with Crippen LogP contribution in [0.2, 0.25) is 0 Å². The van der Waals surface area contributed by atoms with Crippen molar-refractivity contribution in [2.24, 2.45) is 5.41 Å². The van der Waals surface area contributed by atoms with Crippen LogP contribution in [0.3, 0.4) is 0 Å². The molecule has 1 aliphatic carbocycles. The molecule has 1 aromatic heterocycles. The maximum Gasteiger partial charge on any atom is 0.0317 e. The first-order valence-corrected chi connectivity index (χ1v) is 7.04. The summed E-state index contributed by atoms with van der Waals surface area (Å²) in [6.07, 6.45) is 5.48. The van der Waals surface area contributed by atoms with Gasteiger partial charge in [0.2, 0.25) is 0 Å². The van der Waals surface area contributed by atoms with E-state index in [0.29, 0.717) is 5.41 Å². The molecular weight excluding hydrogens is 256 g/mol. The molecular formula is C12H17BrS. The number of hydrogen-bond donors (Lipinski definition) is 0. The average Bonchev–Trinajstić information content (AvgIpc) is 2.52. The summed E-state index contributed by atoms with van der Waals surface area (Å²) >= 11 is 5.45. The van der Waals surface area contributed by atoms with Crippen molar-refractivity contribution in [1.29, 1.82) is 0 Å². The maximum absolute atomic E-state index is 3.64. The van der Waals surface area contributed by atoms with Crippen LogP contribution in [0.5, 0.6) is 0 Å². The van der Waals surface area contributed by atoms with Gasteiger partial charge in [0, 0.05) is 9.85 Å². The SMILES string of the molecule is CC1(C)CCC(c2cscc2Br)CC1. The Morgan fingerprint density at radius 1 is 1.29 bits per heavy atom. The van der Waals surface area contributed by atoms with Crippen LogP contribution < -0.4 is 0 Å². The highest BCUT2D eigenvalue weighted by atomic mass is 79.9. The topological polar surface area (TPSA) is 0 Å². The highest BCUT2D eigenvalue weighted by Crippen LogP contribution is 2.44. The van der Waals surface area contributed by atoms with Gasteiger partial charge in [0.1, 0.15) is 0 Å². The first kappa shape index (κ1) is 10.7. The van der Waals surface area contributed by atoms with Gasteiger partial charge in [-0.05, 0) is 63.9 Å². The van der Waals surface area contributed by atoms with Crippen molar-refractivity contribution < 1.29 is 0 Å². The Morgan fingerprint density at radius 2 is 1.93 bits per heavy atom. The Labute approximate surface area is 98.9 Å². The summed E-state index contributed by atoms with van der Waals surface area (Å²) in [5.74, 6) is 0.809. The van der Waals surface area contributed by atoms with Gasteiger partial charge in [-0.25, -0.2) is 0 Å². The van der Waals surface area contributed by atoms with Crippen LogP contribution >= 0.6 is 27.3 Å². The van der Waals surface area contributed by atoms with Gasteiger partial charge in [0.15, 0.2) is 0 Å². The molecule has 1 fully saturated rings. The third-order valence-corrected chi connectivity index (χ3v) is 5.17. The minimum Gasteiger partial charge on any atom is -0.151 e. The van der Waals surface area contributed by atoms with Crippen molar-refractivity contribution in [3.8, 4) is 0 Å². The molecule has 0 aromatic carbocycles. The van der Waals surface area contributed by atoms with Crippen LogP contribution in [0.15, 0.2) is 15.2 Å². The van der Waals surface area contributed by atoms with Crippen LogP contribution in [0.4, 0.5) is 0 Å². The van der Waals surface area contributed by atoms with Crippen molar-refractivity contribution >= 4 is 27.3 Å². The standard InChI is InChI=1S/C12H17BrS/c1-12(2)5-3-9(4-6-12)10-7-14-8-11(10)13/h7-9H,3-6H2,1-2H3. The highest BCUT2D eigenvalue weighted by molar-refractivity contribution is 9.10. The smallest absolute Gasteiger partial charge is 0.0317 e. The molecule has 0 radical (unpaired) electrons. The Balaban J connectivity index is 2.06. The third kappa shape index (κ3) is 2.22. The summed E-state index contributed by atoms with van der Waals surface area (Å²) in [5, 5.41) is 4.52. The quantitative estimate of drug-likeness (QED) is 0.660. The average molecular weight is 273 g/mol. The molecule has 1 aliphatic rings. The number of thiophene rings is 1. The molecule has 0 aliphatic heterocycles. The van der Waals surface area contributed by atoms with E-state index in [2.05, 4.69) is 40.5 Å². The van der Waals surface area contributed by atoms with Gasteiger partial charge in [-0.15, -0.1) is 0 Å². The van der Waals surface area contributed by atoms with E-state index in [1.807, 2.05) is 11.3 Å². The van der Waals surface area contributed by atoms with Crippen molar-refractivity contribution in [3.05, 3.63) is 20.8 Å². The third-order valence-electron chi connectivity index (χ3n) is 3.42. The summed E-state index contributed by atoms with van der Waals surface area (Å²) < 4.78 is 1.33. The van der Waals surface area contributed by atoms with Crippen LogP contribution in [-0.2, 0) is 0 Å². The fraction of sp³-hybridized carbons (Fsp3) is 0.667. The van der Waals surface area contributed by atoms with Gasteiger partial charge in [-0.3, -0.25) is 0 Å². The van der Waals surface area contributed by atoms with Crippen LogP contribution in [0.1, 0.15) is 51.0 Å². The molecule has 1 aromatic rings. The second-order valence-electron chi connectivity index (χ2n) is 5.11. The zero-order valence-electron chi connectivity index (χ0n) is 8.85. The number of halogens is 1. The summed E-state index contributed by atoms with van der Waals surface area (Å²) in [6, 6.07) is 0. The molecule has 0 N–H and O–H groups in total. The van der Waals surface area contributed by atoms with Crippen LogP contribution in [0, 0.1) is 5.41 Å². The predicted molar refractivity (Wildman–Crippen MR) is 67.0 cm³/mol. The maximum atomic E-state index is 3.64. The molecule has 2 heteroatoms. The van der Waals surface area contributed by atoms with E-state index < -0.39 is 0 Å². The first-order chi connectivity index (χ1) is 6.58. The molecule has 0 spiro atoms. The predicted octanol–water partition coefficient (Wildman–Crippen LogP) is 5.19. The van der Waals surface area contributed by atoms with Gasteiger partial charge in [-0.1, -0.05) is 13.8 Å². The molecule has 14 heavy (non-hydrogen) atoms. The summed E-state index contributed by atoms with van der Waals surface area (Å²) in [7, 11) is 0. The minimum atomic E-state index is 0.582. The van der Waals surface area contributed by atoms with E-state index in [0.717, 1.165) is 5.92 Å². The second kappa shape index (κ2) is 3.97. The molecule has 0 nitrogen and oxygen atoms in total. The Hall–Kier alpha value is 0.180. The number of rotatable bonds is 1. The van der Waals surface area contributed by atoms with E-state index in [9.17, 15) is 0 Å². The Bertz CT molecular complexity index is 304. The monoisotopic (exact) mass is 272 g/mol. The zero-order chi connectivity index (χ0) is 10.2.